The summed E-state index contributed by atoms with van der Waals surface area (Å²) in [6.45, 7) is 0.624. The van der Waals surface area contributed by atoms with Crippen molar-refractivity contribution in [2.75, 3.05) is 52.9 Å². The van der Waals surface area contributed by atoms with Crippen LogP contribution >= 0.6 is 0 Å². The fourth-order valence-corrected chi connectivity index (χ4v) is 9.89. The molecule has 0 radical (unpaired) electrons. The number of carbonyl (C=O) groups excluding carboxylic acids is 2. The highest BCUT2D eigenvalue weighted by Gasteiger charge is 2.25. The molecular formula is C50H48N2O12S2. The minimum atomic E-state index is -4.19. The Labute approximate surface area is 383 Å². The third-order valence-corrected chi connectivity index (χ3v) is 13.6. The van der Waals surface area contributed by atoms with E-state index in [0.717, 1.165) is 22.3 Å². The lowest BCUT2D eigenvalue weighted by Gasteiger charge is -2.22. The summed E-state index contributed by atoms with van der Waals surface area (Å²) in [4.78, 5) is 26.6. The van der Waals surface area contributed by atoms with E-state index in [9.17, 15) is 26.4 Å². The van der Waals surface area contributed by atoms with Crippen molar-refractivity contribution >= 4 is 31.9 Å². The van der Waals surface area contributed by atoms with E-state index in [1.165, 1.54) is 24.3 Å². The van der Waals surface area contributed by atoms with Crippen molar-refractivity contribution in [2.24, 2.45) is 0 Å². The van der Waals surface area contributed by atoms with Gasteiger partial charge in [-0.1, -0.05) is 109 Å². The van der Waals surface area contributed by atoms with Gasteiger partial charge in [-0.25, -0.2) is 26.3 Å². The number of hydrogen-bond donors (Lipinski definition) is 2. The zero-order chi connectivity index (χ0) is 45.9. The fraction of sp³-hybridized carbons (Fsp3) is 0.240. The van der Waals surface area contributed by atoms with Gasteiger partial charge in [0.1, 0.15) is 36.2 Å². The van der Waals surface area contributed by atoms with Gasteiger partial charge < -0.3 is 28.4 Å². The van der Waals surface area contributed by atoms with Crippen LogP contribution < -0.4 is 28.4 Å². The van der Waals surface area contributed by atoms with Crippen molar-refractivity contribution in [3.8, 4) is 23.0 Å². The highest BCUT2D eigenvalue weighted by Crippen LogP contribution is 2.39. The lowest BCUT2D eigenvalue weighted by atomic mass is 9.91. The van der Waals surface area contributed by atoms with Crippen molar-refractivity contribution in [3.05, 3.63) is 178 Å². The number of ether oxygens (including phenoxy) is 6. The molecule has 1 heterocycles. The van der Waals surface area contributed by atoms with Crippen LogP contribution in [0.15, 0.2) is 143 Å². The van der Waals surface area contributed by atoms with Crippen molar-refractivity contribution in [1.82, 2.24) is 9.44 Å². The van der Waals surface area contributed by atoms with Gasteiger partial charge in [0, 0.05) is 25.7 Å². The first-order valence-corrected chi connectivity index (χ1v) is 24.3. The molecule has 0 unspecified atom stereocenters. The Morgan fingerprint density at radius 3 is 1.08 bits per heavy atom. The lowest BCUT2D eigenvalue weighted by molar-refractivity contribution is -0.122. The molecule has 0 saturated heterocycles. The number of nitrogens with one attached hydrogen (secondary N) is 2. The average Bonchev–Trinajstić information content (AvgIpc) is 3.31. The first-order chi connectivity index (χ1) is 32.0. The predicted octanol–water partition coefficient (Wildman–Crippen LogP) is 5.94. The molecule has 2 amide bonds. The van der Waals surface area contributed by atoms with Crippen LogP contribution in [-0.4, -0.2) is 81.5 Å². The number of carbonyl (C=O) groups is 2. The Morgan fingerprint density at radius 2 is 0.712 bits per heavy atom. The molecule has 0 aromatic heterocycles. The Balaban J connectivity index is 1.22. The summed E-state index contributed by atoms with van der Waals surface area (Å²) in [5.41, 5.74) is 6.02. The van der Waals surface area contributed by atoms with Crippen LogP contribution in [0.2, 0.25) is 0 Å². The van der Waals surface area contributed by atoms with Gasteiger partial charge in [-0.3, -0.25) is 9.59 Å². The Hall–Kier alpha value is -6.72. The Bertz CT molecular complexity index is 2710. The molecule has 1 aliphatic carbocycles. The molecule has 0 saturated carbocycles. The largest absolute Gasteiger partial charge is 0.491 e. The molecule has 6 aromatic rings. The third-order valence-electron chi connectivity index (χ3n) is 10.9. The molecule has 66 heavy (non-hydrogen) atoms. The predicted molar refractivity (Wildman–Crippen MR) is 244 cm³/mol. The van der Waals surface area contributed by atoms with Crippen LogP contribution in [0, 0.1) is 0 Å². The first-order valence-electron chi connectivity index (χ1n) is 21.4. The molecule has 2 N–H and O–H groups in total. The molecule has 0 spiro atoms. The summed E-state index contributed by atoms with van der Waals surface area (Å²) >= 11 is 0. The van der Waals surface area contributed by atoms with Crippen LogP contribution in [-0.2, 0) is 64.8 Å². The smallest absolute Gasteiger partial charge is 0.271 e. The average molecular weight is 933 g/mol. The molecule has 10 bridgehead atoms. The van der Waals surface area contributed by atoms with E-state index < -0.39 is 45.1 Å². The summed E-state index contributed by atoms with van der Waals surface area (Å²) in [6.07, 6.45) is 1.15. The van der Waals surface area contributed by atoms with Gasteiger partial charge >= 0.3 is 0 Å². The molecule has 0 fully saturated rings. The van der Waals surface area contributed by atoms with Crippen LogP contribution in [0.4, 0.5) is 0 Å². The second-order valence-corrected chi connectivity index (χ2v) is 18.9. The van der Waals surface area contributed by atoms with Crippen LogP contribution in [0.5, 0.6) is 23.0 Å². The zero-order valence-electron chi connectivity index (χ0n) is 35.9. The van der Waals surface area contributed by atoms with E-state index in [-0.39, 0.29) is 42.3 Å². The summed E-state index contributed by atoms with van der Waals surface area (Å²) in [5, 5.41) is 0. The fourth-order valence-electron chi connectivity index (χ4n) is 7.91. The van der Waals surface area contributed by atoms with Gasteiger partial charge in [0.2, 0.25) is 0 Å². The second kappa shape index (κ2) is 21.1. The molecule has 16 heteroatoms. The summed E-state index contributed by atoms with van der Waals surface area (Å²) < 4.78 is 94.1. The van der Waals surface area contributed by atoms with Crippen LogP contribution in [0.3, 0.4) is 0 Å². The van der Waals surface area contributed by atoms with Crippen LogP contribution in [0.25, 0.3) is 0 Å². The molecule has 1 aliphatic heterocycles. The van der Waals surface area contributed by atoms with Gasteiger partial charge in [-0.2, -0.15) is 0 Å². The van der Waals surface area contributed by atoms with Gasteiger partial charge in [0.05, 0.1) is 36.2 Å². The molecule has 2 aliphatic rings. The quantitative estimate of drug-likeness (QED) is 0.165. The van der Waals surface area contributed by atoms with E-state index in [0.29, 0.717) is 78.1 Å². The van der Waals surface area contributed by atoms with E-state index >= 15 is 0 Å². The maximum Gasteiger partial charge on any atom is 0.271 e. The Morgan fingerprint density at radius 1 is 0.409 bits per heavy atom. The van der Waals surface area contributed by atoms with Gasteiger partial charge in [0.15, 0.2) is 13.2 Å². The van der Waals surface area contributed by atoms with Gasteiger partial charge in [0.25, 0.3) is 31.9 Å². The zero-order valence-corrected chi connectivity index (χ0v) is 37.5. The number of amides is 2. The monoisotopic (exact) mass is 932 g/mol. The number of fused-ring (bicyclic) bond motifs is 4. The highest BCUT2D eigenvalue weighted by atomic mass is 32.2. The number of benzene rings is 6. The molecular weight excluding hydrogens is 885 g/mol. The van der Waals surface area contributed by atoms with E-state index in [1.807, 2.05) is 72.8 Å². The molecule has 14 nitrogen and oxygen atoms in total. The van der Waals surface area contributed by atoms with Crippen LogP contribution in [0.1, 0.15) is 44.5 Å². The first kappa shape index (κ1) is 45.8. The second-order valence-electron chi connectivity index (χ2n) is 15.5. The standard InChI is InChI=1S/C50H48N2O12S2/c53-45(51-65(55,56)43-19-3-1-4-20-43)33-63-49-39-15-9-17-41(49)32-42-18-10-16-40(50(42)64-34-46(54)52-66(57,58)44-21-5-2-6-22-44)31-38-14-8-12-36-29-35-11-7-13-37(30-39)47(35)61-27-25-59-23-24-60-26-28-62-48(36)38/h1-22H,23-34H2,(H,51,53)(H,52,54). The normalized spacial score (nSPS) is 14.4. The van der Waals surface area contributed by atoms with E-state index in [4.69, 9.17) is 28.4 Å². The van der Waals surface area contributed by atoms with Crippen molar-refractivity contribution < 1.29 is 54.8 Å². The number of sulfonamides is 2. The lowest BCUT2D eigenvalue weighted by Crippen LogP contribution is -2.34. The molecule has 8 rings (SSSR count). The molecule has 6 aromatic carbocycles. The van der Waals surface area contributed by atoms with Crippen molar-refractivity contribution in [1.29, 1.82) is 0 Å². The maximum atomic E-state index is 13.4. The third kappa shape index (κ3) is 11.4. The SMILES string of the molecule is O=C(COc1c2cccc1Cc1cccc(c1OCC(=O)NS(=O)(=O)c1ccccc1)Cc1cccc3c1OCCOCCOCCOc1c(cccc1C2)C3)NS(=O)(=O)c1ccccc1. The molecule has 0 atom stereocenters. The molecule has 342 valence electrons. The maximum absolute atomic E-state index is 13.4. The van der Waals surface area contributed by atoms with E-state index in [2.05, 4.69) is 9.44 Å². The number of para-hydroxylation sites is 4. The Kier molecular flexibility index (Phi) is 14.6. The highest BCUT2D eigenvalue weighted by molar-refractivity contribution is 7.90. The number of hydrogen-bond acceptors (Lipinski definition) is 12. The van der Waals surface area contributed by atoms with Gasteiger partial charge in [-0.15, -0.1) is 0 Å². The summed E-state index contributed by atoms with van der Waals surface area (Å²) in [6, 6.07) is 38.1. The van der Waals surface area contributed by atoms with Crippen molar-refractivity contribution in [2.45, 2.75) is 35.5 Å². The topological polar surface area (TPSA) is 182 Å². The number of rotatable bonds is 10. The van der Waals surface area contributed by atoms with Crippen molar-refractivity contribution in [3.63, 3.8) is 0 Å². The van der Waals surface area contributed by atoms with E-state index in [1.54, 1.807) is 36.4 Å². The van der Waals surface area contributed by atoms with Gasteiger partial charge in [-0.05, 0) is 68.8 Å². The minimum Gasteiger partial charge on any atom is -0.491 e. The summed E-state index contributed by atoms with van der Waals surface area (Å²) in [5.74, 6) is 0.213. The summed E-state index contributed by atoms with van der Waals surface area (Å²) in [7, 11) is -8.39. The minimum absolute atomic E-state index is 0.0740.